The molecule has 1 heterocycles. The number of carbonyl (C=O) groups is 2. The lowest BCUT2D eigenvalue weighted by atomic mass is 9.99. The van der Waals surface area contributed by atoms with Gasteiger partial charge in [0.05, 0.1) is 13.0 Å². The minimum Gasteiger partial charge on any atom is -0.507 e. The maximum atomic E-state index is 13.7. The average Bonchev–Trinajstić information content (AvgIpc) is 2.79. The van der Waals surface area contributed by atoms with E-state index in [-0.39, 0.29) is 24.0 Å². The molecule has 0 aliphatic carbocycles. The van der Waals surface area contributed by atoms with Crippen LogP contribution in [0.2, 0.25) is 0 Å². The van der Waals surface area contributed by atoms with Crippen molar-refractivity contribution in [2.75, 3.05) is 20.2 Å². The van der Waals surface area contributed by atoms with Crippen LogP contribution < -0.4 is 0 Å². The molecule has 1 N–H and O–H groups in total. The third-order valence-electron chi connectivity index (χ3n) is 3.61. The summed E-state index contributed by atoms with van der Waals surface area (Å²) in [5.74, 6) is -2.66. The summed E-state index contributed by atoms with van der Waals surface area (Å²) in [6, 6.07) is 3.70. The summed E-state index contributed by atoms with van der Waals surface area (Å²) in [6.45, 7) is 2.32. The van der Waals surface area contributed by atoms with Crippen molar-refractivity contribution in [3.63, 3.8) is 0 Å². The molecule has 1 saturated heterocycles. The van der Waals surface area contributed by atoms with E-state index in [1.54, 1.807) is 0 Å². The minimum absolute atomic E-state index is 0.0692. The number of phenols is 1. The van der Waals surface area contributed by atoms with Gasteiger partial charge in [-0.25, -0.2) is 4.39 Å². The molecule has 1 aliphatic rings. The molecule has 6 heteroatoms. The van der Waals surface area contributed by atoms with Crippen LogP contribution in [0.25, 0.3) is 0 Å². The fraction of sp³-hybridized carbons (Fsp3) is 0.429. The van der Waals surface area contributed by atoms with Crippen molar-refractivity contribution >= 4 is 11.9 Å². The molecule has 1 aliphatic heterocycles. The predicted molar refractivity (Wildman–Crippen MR) is 68.6 cm³/mol. The first-order valence-electron chi connectivity index (χ1n) is 6.30. The third-order valence-corrected chi connectivity index (χ3v) is 3.61. The molecule has 20 heavy (non-hydrogen) atoms. The quantitative estimate of drug-likeness (QED) is 0.832. The molecule has 0 radical (unpaired) electrons. The van der Waals surface area contributed by atoms with Crippen molar-refractivity contribution in [3.05, 3.63) is 29.6 Å². The fourth-order valence-corrected chi connectivity index (χ4v) is 2.47. The smallest absolute Gasteiger partial charge is 0.310 e. The van der Waals surface area contributed by atoms with Crippen molar-refractivity contribution in [2.45, 2.75) is 6.92 Å². The van der Waals surface area contributed by atoms with Gasteiger partial charge >= 0.3 is 5.97 Å². The number of hydrogen-bond acceptors (Lipinski definition) is 4. The Bertz CT molecular complexity index is 526. The van der Waals surface area contributed by atoms with Crippen LogP contribution in [-0.2, 0) is 9.53 Å². The zero-order chi connectivity index (χ0) is 14.9. The molecule has 1 aromatic rings. The number of benzene rings is 1. The summed E-state index contributed by atoms with van der Waals surface area (Å²) < 4.78 is 18.4. The van der Waals surface area contributed by atoms with Crippen molar-refractivity contribution in [2.24, 2.45) is 11.8 Å². The van der Waals surface area contributed by atoms with E-state index in [0.717, 1.165) is 6.07 Å². The number of nitrogens with zero attached hydrogens (tertiary/aromatic N) is 1. The molecule has 1 amide bonds. The summed E-state index contributed by atoms with van der Waals surface area (Å²) in [7, 11) is 1.29. The first-order valence-corrected chi connectivity index (χ1v) is 6.30. The number of aromatic hydroxyl groups is 1. The summed E-state index contributed by atoms with van der Waals surface area (Å²) >= 11 is 0. The number of likely N-dealkylation sites (tertiary alicyclic amines) is 1. The number of halogens is 1. The minimum atomic E-state index is -0.774. The van der Waals surface area contributed by atoms with Crippen LogP contribution in [0.5, 0.6) is 5.75 Å². The van der Waals surface area contributed by atoms with Gasteiger partial charge in [0.1, 0.15) is 17.1 Å². The molecule has 0 aromatic heterocycles. The molecule has 2 rings (SSSR count). The fourth-order valence-electron chi connectivity index (χ4n) is 2.47. The van der Waals surface area contributed by atoms with Crippen LogP contribution >= 0.6 is 0 Å². The van der Waals surface area contributed by atoms with Gasteiger partial charge in [0.2, 0.25) is 0 Å². The number of amides is 1. The topological polar surface area (TPSA) is 66.8 Å². The summed E-state index contributed by atoms with van der Waals surface area (Å²) in [4.78, 5) is 25.2. The number of ether oxygens (including phenoxy) is 1. The molecule has 0 saturated carbocycles. The summed E-state index contributed by atoms with van der Waals surface area (Å²) in [5, 5.41) is 9.63. The number of phenolic OH excluding ortho intramolecular Hbond substituents is 1. The third kappa shape index (κ3) is 2.45. The molecule has 2 unspecified atom stereocenters. The summed E-state index contributed by atoms with van der Waals surface area (Å²) in [5.41, 5.74) is -0.356. The van der Waals surface area contributed by atoms with Gasteiger partial charge in [-0.3, -0.25) is 9.59 Å². The standard InChI is InChI=1S/C14H16FNO4/c1-8-6-16(7-9(8)14(19)20-2)13(18)12-10(15)4-3-5-11(12)17/h3-5,8-9,17H,6-7H2,1-2H3. The molecule has 2 atom stereocenters. The van der Waals surface area contributed by atoms with Gasteiger partial charge in [0.15, 0.2) is 0 Å². The maximum Gasteiger partial charge on any atom is 0.310 e. The molecule has 108 valence electrons. The lowest BCUT2D eigenvalue weighted by Gasteiger charge is -2.17. The van der Waals surface area contributed by atoms with Gasteiger partial charge in [-0.05, 0) is 18.1 Å². The average molecular weight is 281 g/mol. The van der Waals surface area contributed by atoms with Gasteiger partial charge in [-0.1, -0.05) is 13.0 Å². The van der Waals surface area contributed by atoms with Crippen LogP contribution in [-0.4, -0.2) is 42.1 Å². The predicted octanol–water partition coefficient (Wildman–Crippen LogP) is 1.41. The molecule has 1 fully saturated rings. The highest BCUT2D eigenvalue weighted by atomic mass is 19.1. The maximum absolute atomic E-state index is 13.7. The molecule has 5 nitrogen and oxygen atoms in total. The molecule has 0 spiro atoms. The monoisotopic (exact) mass is 281 g/mol. The zero-order valence-electron chi connectivity index (χ0n) is 11.3. The van der Waals surface area contributed by atoms with Crippen LogP contribution in [0.1, 0.15) is 17.3 Å². The SMILES string of the molecule is COC(=O)C1CN(C(=O)c2c(O)cccc2F)CC1C. The highest BCUT2D eigenvalue weighted by Crippen LogP contribution is 2.28. The number of rotatable bonds is 2. The van der Waals surface area contributed by atoms with Crippen molar-refractivity contribution < 1.29 is 23.8 Å². The van der Waals surface area contributed by atoms with Crippen molar-refractivity contribution in [1.82, 2.24) is 4.90 Å². The number of methoxy groups -OCH3 is 1. The highest BCUT2D eigenvalue weighted by Gasteiger charge is 2.39. The van der Waals surface area contributed by atoms with Gasteiger partial charge in [-0.2, -0.15) is 0 Å². The first-order chi connectivity index (χ1) is 9.45. The molecular weight excluding hydrogens is 265 g/mol. The van der Waals surface area contributed by atoms with E-state index in [0.29, 0.717) is 6.54 Å². The van der Waals surface area contributed by atoms with Crippen LogP contribution in [0.3, 0.4) is 0 Å². The zero-order valence-corrected chi connectivity index (χ0v) is 11.3. The Hall–Kier alpha value is -2.11. The van der Waals surface area contributed by atoms with Crippen LogP contribution in [0, 0.1) is 17.7 Å². The number of carbonyl (C=O) groups excluding carboxylic acids is 2. The first kappa shape index (κ1) is 14.3. The van der Waals surface area contributed by atoms with Gasteiger partial charge < -0.3 is 14.7 Å². The number of esters is 1. The van der Waals surface area contributed by atoms with Crippen molar-refractivity contribution in [3.8, 4) is 5.75 Å². The Morgan fingerprint density at radius 1 is 1.40 bits per heavy atom. The second-order valence-corrected chi connectivity index (χ2v) is 4.95. The lowest BCUT2D eigenvalue weighted by Crippen LogP contribution is -2.30. The highest BCUT2D eigenvalue weighted by molar-refractivity contribution is 5.97. The largest absolute Gasteiger partial charge is 0.507 e. The van der Waals surface area contributed by atoms with Crippen LogP contribution in [0.4, 0.5) is 4.39 Å². The van der Waals surface area contributed by atoms with E-state index in [9.17, 15) is 19.1 Å². The van der Waals surface area contributed by atoms with E-state index in [1.165, 1.54) is 24.1 Å². The Morgan fingerprint density at radius 3 is 2.70 bits per heavy atom. The second kappa shape index (κ2) is 5.48. The molecular formula is C14H16FNO4. The van der Waals surface area contributed by atoms with Gasteiger partial charge in [0, 0.05) is 13.1 Å². The van der Waals surface area contributed by atoms with E-state index in [4.69, 9.17) is 0 Å². The van der Waals surface area contributed by atoms with Gasteiger partial charge in [-0.15, -0.1) is 0 Å². The van der Waals surface area contributed by atoms with E-state index in [1.807, 2.05) is 6.92 Å². The second-order valence-electron chi connectivity index (χ2n) is 4.95. The van der Waals surface area contributed by atoms with E-state index in [2.05, 4.69) is 4.74 Å². The molecule has 0 bridgehead atoms. The Balaban J connectivity index is 2.22. The Kier molecular flexibility index (Phi) is 3.92. The lowest BCUT2D eigenvalue weighted by molar-refractivity contribution is -0.146. The normalized spacial score (nSPS) is 21.9. The molecule has 1 aromatic carbocycles. The van der Waals surface area contributed by atoms with Crippen molar-refractivity contribution in [1.29, 1.82) is 0 Å². The van der Waals surface area contributed by atoms with Gasteiger partial charge in [0.25, 0.3) is 5.91 Å². The van der Waals surface area contributed by atoms with E-state index >= 15 is 0 Å². The summed E-state index contributed by atoms with van der Waals surface area (Å²) in [6.07, 6.45) is 0. The Morgan fingerprint density at radius 2 is 2.10 bits per heavy atom. The van der Waals surface area contributed by atoms with E-state index < -0.39 is 23.4 Å². The number of hydrogen-bond donors (Lipinski definition) is 1. The van der Waals surface area contributed by atoms with Crippen LogP contribution in [0.15, 0.2) is 18.2 Å². The Labute approximate surface area is 116 Å².